The third-order valence-electron chi connectivity index (χ3n) is 8.18. The van der Waals surface area contributed by atoms with Gasteiger partial charge in [0.15, 0.2) is 0 Å². The number of amides is 2. The van der Waals surface area contributed by atoms with Crippen molar-refractivity contribution in [1.82, 2.24) is 20.1 Å². The Bertz CT molecular complexity index is 1200. The number of likely N-dealkylation sites (N-methyl/N-ethyl adjacent to an activating group) is 1. The van der Waals surface area contributed by atoms with E-state index in [0.717, 1.165) is 49.1 Å². The summed E-state index contributed by atoms with van der Waals surface area (Å²) in [6.07, 6.45) is 8.20. The number of carbonyl (C=O) groups is 2. The van der Waals surface area contributed by atoms with E-state index in [2.05, 4.69) is 70.7 Å². The number of nitrogens with zero attached hydrogens (tertiary/aromatic N) is 2. The van der Waals surface area contributed by atoms with E-state index in [1.54, 1.807) is 7.05 Å². The number of rotatable bonds is 10. The normalized spacial score (nSPS) is 19.8. The number of fused-ring (bicyclic) bond motifs is 1. The molecule has 4 rings (SSSR count). The molecule has 198 valence electrons. The summed E-state index contributed by atoms with van der Waals surface area (Å²) in [5, 5.41) is 4.60. The predicted octanol–water partition coefficient (Wildman–Crippen LogP) is 5.20. The van der Waals surface area contributed by atoms with Gasteiger partial charge in [-0.3, -0.25) is 9.59 Å². The van der Waals surface area contributed by atoms with Gasteiger partial charge in [0.05, 0.1) is 0 Å². The summed E-state index contributed by atoms with van der Waals surface area (Å²) in [5.41, 5.74) is 3.68. The van der Waals surface area contributed by atoms with Gasteiger partial charge in [-0.15, -0.1) is 0 Å². The van der Waals surface area contributed by atoms with E-state index in [-0.39, 0.29) is 36.2 Å². The fourth-order valence-electron chi connectivity index (χ4n) is 5.80. The molecule has 2 aromatic carbocycles. The molecule has 1 aliphatic carbocycles. The Kier molecular flexibility index (Phi) is 8.93. The molecule has 3 aromatic rings. The summed E-state index contributed by atoms with van der Waals surface area (Å²) in [7, 11) is 5.95. The summed E-state index contributed by atoms with van der Waals surface area (Å²) in [5.74, 6) is -0.0216. The Balaban J connectivity index is 1.48. The van der Waals surface area contributed by atoms with Crippen molar-refractivity contribution in [2.45, 2.75) is 62.9 Å². The highest BCUT2D eigenvalue weighted by molar-refractivity contribution is 6.30. The molecule has 1 aliphatic rings. The van der Waals surface area contributed by atoms with Gasteiger partial charge in [0.25, 0.3) is 0 Å². The van der Waals surface area contributed by atoms with Gasteiger partial charge in [0.2, 0.25) is 11.8 Å². The first-order valence-corrected chi connectivity index (χ1v) is 13.7. The maximum atomic E-state index is 13.4. The minimum absolute atomic E-state index is 0.0536. The minimum atomic E-state index is -0.0943. The predicted molar refractivity (Wildman–Crippen MR) is 151 cm³/mol. The molecule has 0 unspecified atom stereocenters. The Morgan fingerprint density at radius 2 is 1.76 bits per heavy atom. The summed E-state index contributed by atoms with van der Waals surface area (Å²) in [4.78, 5) is 33.1. The Morgan fingerprint density at radius 1 is 1.05 bits per heavy atom. The molecule has 1 heterocycles. The Hall–Kier alpha value is -2.83. The molecular weight excluding hydrogens is 484 g/mol. The van der Waals surface area contributed by atoms with Crippen molar-refractivity contribution in [3.63, 3.8) is 0 Å². The van der Waals surface area contributed by atoms with Crippen molar-refractivity contribution in [3.05, 3.63) is 70.9 Å². The van der Waals surface area contributed by atoms with Crippen molar-refractivity contribution in [3.8, 4) is 0 Å². The zero-order valence-corrected chi connectivity index (χ0v) is 23.0. The van der Waals surface area contributed by atoms with E-state index < -0.39 is 0 Å². The molecule has 2 N–H and O–H groups in total. The number of aromatic amines is 1. The van der Waals surface area contributed by atoms with Crippen LogP contribution >= 0.6 is 11.6 Å². The molecule has 1 aromatic heterocycles. The van der Waals surface area contributed by atoms with Gasteiger partial charge in [-0.25, -0.2) is 0 Å². The second kappa shape index (κ2) is 12.1. The first kappa shape index (κ1) is 27.2. The molecule has 0 atom stereocenters. The Morgan fingerprint density at radius 3 is 2.43 bits per heavy atom. The number of hydrogen-bond donors (Lipinski definition) is 2. The molecule has 7 heteroatoms. The van der Waals surface area contributed by atoms with Crippen molar-refractivity contribution >= 4 is 34.3 Å². The van der Waals surface area contributed by atoms with Crippen LogP contribution < -0.4 is 5.32 Å². The number of carbonyl (C=O) groups excluding carboxylic acids is 2. The van der Waals surface area contributed by atoms with E-state index >= 15 is 0 Å². The molecule has 0 radical (unpaired) electrons. The van der Waals surface area contributed by atoms with E-state index in [9.17, 15) is 9.59 Å². The molecule has 0 spiro atoms. The smallest absolute Gasteiger partial charge is 0.223 e. The summed E-state index contributed by atoms with van der Waals surface area (Å²) < 4.78 is 0. The van der Waals surface area contributed by atoms with Gasteiger partial charge in [-0.05, 0) is 81.9 Å². The van der Waals surface area contributed by atoms with Crippen LogP contribution in [0.15, 0.2) is 54.7 Å². The monoisotopic (exact) mass is 522 g/mol. The zero-order valence-electron chi connectivity index (χ0n) is 22.2. The molecule has 0 bridgehead atoms. The highest BCUT2D eigenvalue weighted by Crippen LogP contribution is 2.37. The third kappa shape index (κ3) is 6.55. The van der Waals surface area contributed by atoms with E-state index in [1.807, 2.05) is 18.2 Å². The molecule has 6 nitrogen and oxygen atoms in total. The lowest BCUT2D eigenvalue weighted by atomic mass is 9.74. The molecule has 1 saturated carbocycles. The van der Waals surface area contributed by atoms with E-state index in [4.69, 9.17) is 11.6 Å². The first-order valence-electron chi connectivity index (χ1n) is 13.3. The second-order valence-corrected chi connectivity index (χ2v) is 11.0. The SMILES string of the molecule is CNC(=O)CCC(=O)N(CCc1c[nH]c2ccccc12)C1CCC(Cc2ccc(Cl)cc2)(N(C)C)CC1. The lowest BCUT2D eigenvalue weighted by molar-refractivity contribution is -0.136. The Labute approximate surface area is 225 Å². The van der Waals surface area contributed by atoms with Crippen LogP contribution in [0.4, 0.5) is 0 Å². The van der Waals surface area contributed by atoms with E-state index in [0.29, 0.717) is 6.54 Å². The van der Waals surface area contributed by atoms with Gasteiger partial charge in [0.1, 0.15) is 0 Å². The average molecular weight is 523 g/mol. The van der Waals surface area contributed by atoms with Crippen LogP contribution in [0.3, 0.4) is 0 Å². The largest absolute Gasteiger partial charge is 0.361 e. The summed E-state index contributed by atoms with van der Waals surface area (Å²) >= 11 is 6.11. The lowest BCUT2D eigenvalue weighted by Gasteiger charge is -2.47. The number of aromatic nitrogens is 1. The quantitative estimate of drug-likeness (QED) is 0.384. The topological polar surface area (TPSA) is 68.4 Å². The second-order valence-electron chi connectivity index (χ2n) is 10.5. The minimum Gasteiger partial charge on any atom is -0.361 e. The van der Waals surface area contributed by atoms with E-state index in [1.165, 1.54) is 16.5 Å². The number of halogens is 1. The number of hydrogen-bond acceptors (Lipinski definition) is 3. The molecule has 2 amide bonds. The van der Waals surface area contributed by atoms with Crippen molar-refractivity contribution in [2.24, 2.45) is 0 Å². The van der Waals surface area contributed by atoms with Crippen LogP contribution in [0.5, 0.6) is 0 Å². The molecule has 37 heavy (non-hydrogen) atoms. The summed E-state index contributed by atoms with van der Waals surface area (Å²) in [6, 6.07) is 16.6. The van der Waals surface area contributed by atoms with Crippen LogP contribution in [-0.4, -0.2) is 65.9 Å². The third-order valence-corrected chi connectivity index (χ3v) is 8.44. The maximum Gasteiger partial charge on any atom is 0.223 e. The van der Waals surface area contributed by atoms with Gasteiger partial charge in [-0.2, -0.15) is 0 Å². The number of para-hydroxylation sites is 1. The number of nitrogens with one attached hydrogen (secondary N) is 2. The fraction of sp³-hybridized carbons (Fsp3) is 0.467. The molecular formula is C30H39ClN4O2. The van der Waals surface area contributed by atoms with Crippen LogP contribution in [0, 0.1) is 0 Å². The zero-order chi connectivity index (χ0) is 26.4. The molecule has 0 aliphatic heterocycles. The van der Waals surface area contributed by atoms with Crippen molar-refractivity contribution < 1.29 is 9.59 Å². The first-order chi connectivity index (χ1) is 17.8. The number of H-pyrrole nitrogens is 1. The fourth-order valence-corrected chi connectivity index (χ4v) is 5.92. The van der Waals surface area contributed by atoms with Crippen molar-refractivity contribution in [2.75, 3.05) is 27.7 Å². The molecule has 0 saturated heterocycles. The van der Waals surface area contributed by atoms with Gasteiger partial charge < -0.3 is 20.1 Å². The standard InChI is InChI=1S/C30H39ClN4O2/c1-32-28(36)12-13-29(37)35(19-16-23-21-33-27-7-5-4-6-26(23)27)25-14-17-30(18-15-25,34(2)3)20-22-8-10-24(31)11-9-22/h4-11,21,25,33H,12-20H2,1-3H3,(H,32,36). The van der Waals surface area contributed by atoms with Crippen molar-refractivity contribution in [1.29, 1.82) is 0 Å². The van der Waals surface area contributed by atoms with Crippen LogP contribution in [0.2, 0.25) is 5.02 Å². The average Bonchev–Trinajstić information content (AvgIpc) is 3.32. The van der Waals surface area contributed by atoms with Crippen LogP contribution in [0.25, 0.3) is 10.9 Å². The van der Waals surface area contributed by atoms with Crippen LogP contribution in [0.1, 0.15) is 49.7 Å². The maximum absolute atomic E-state index is 13.4. The summed E-state index contributed by atoms with van der Waals surface area (Å²) in [6.45, 7) is 0.658. The lowest BCUT2D eigenvalue weighted by Crippen LogP contribution is -2.53. The number of benzene rings is 2. The van der Waals surface area contributed by atoms with Gasteiger partial charge >= 0.3 is 0 Å². The van der Waals surface area contributed by atoms with Gasteiger partial charge in [0, 0.05) is 60.1 Å². The van der Waals surface area contributed by atoms with Crippen LogP contribution in [-0.2, 0) is 22.4 Å². The molecule has 1 fully saturated rings. The highest BCUT2D eigenvalue weighted by atomic mass is 35.5. The van der Waals surface area contributed by atoms with Gasteiger partial charge in [-0.1, -0.05) is 41.9 Å². The highest BCUT2D eigenvalue weighted by Gasteiger charge is 2.39.